The topological polar surface area (TPSA) is 58.6 Å². The fraction of sp³-hybridized carbons (Fsp3) is 0.217. The van der Waals surface area contributed by atoms with Gasteiger partial charge in [-0.05, 0) is 17.0 Å². The molecule has 1 N–H and O–H groups in total. The van der Waals surface area contributed by atoms with E-state index in [1.54, 1.807) is 0 Å². The first-order valence-electron chi connectivity index (χ1n) is 9.26. The van der Waals surface area contributed by atoms with Gasteiger partial charge in [-0.15, -0.1) is 0 Å². The molecule has 5 heteroatoms. The predicted molar refractivity (Wildman–Crippen MR) is 111 cm³/mol. The fourth-order valence-electron chi connectivity index (χ4n) is 3.11. The van der Waals surface area contributed by atoms with E-state index < -0.39 is 0 Å². The van der Waals surface area contributed by atoms with Crippen molar-refractivity contribution in [2.75, 3.05) is 25.5 Å². The number of nitrogens with one attached hydrogen (secondary N) is 1. The van der Waals surface area contributed by atoms with Crippen LogP contribution < -0.4 is 5.32 Å². The zero-order chi connectivity index (χ0) is 19.8. The number of esters is 1. The van der Waals surface area contributed by atoms with Crippen molar-refractivity contribution in [1.29, 1.82) is 0 Å². The number of anilines is 1. The first-order valence-corrected chi connectivity index (χ1v) is 9.26. The predicted octanol–water partition coefficient (Wildman–Crippen LogP) is 3.84. The summed E-state index contributed by atoms with van der Waals surface area (Å²) in [4.78, 5) is 26.2. The second kappa shape index (κ2) is 9.67. The maximum atomic E-state index is 12.5. The van der Waals surface area contributed by atoms with Crippen LogP contribution >= 0.6 is 0 Å². The van der Waals surface area contributed by atoms with E-state index in [1.165, 1.54) is 7.11 Å². The van der Waals surface area contributed by atoms with E-state index in [2.05, 4.69) is 5.32 Å². The van der Waals surface area contributed by atoms with Crippen LogP contribution in [0.1, 0.15) is 12.0 Å². The summed E-state index contributed by atoms with van der Waals surface area (Å²) in [5.74, 6) is -0.398. The molecule has 1 amide bonds. The normalized spacial score (nSPS) is 10.8. The molecule has 28 heavy (non-hydrogen) atoms. The van der Waals surface area contributed by atoms with Crippen LogP contribution in [0, 0.1) is 0 Å². The van der Waals surface area contributed by atoms with Crippen molar-refractivity contribution in [2.24, 2.45) is 0 Å². The molecule has 3 aromatic rings. The number of benzene rings is 3. The highest BCUT2D eigenvalue weighted by Crippen LogP contribution is 2.23. The Labute approximate surface area is 164 Å². The Balaban J connectivity index is 1.63. The van der Waals surface area contributed by atoms with Gasteiger partial charge < -0.3 is 10.1 Å². The lowest BCUT2D eigenvalue weighted by atomic mass is 10.1. The summed E-state index contributed by atoms with van der Waals surface area (Å²) >= 11 is 0. The van der Waals surface area contributed by atoms with Gasteiger partial charge in [-0.3, -0.25) is 14.5 Å². The molecule has 0 unspecified atom stereocenters. The van der Waals surface area contributed by atoms with Crippen molar-refractivity contribution in [3.05, 3.63) is 78.4 Å². The Bertz CT molecular complexity index is 935. The zero-order valence-corrected chi connectivity index (χ0v) is 15.9. The Kier molecular flexibility index (Phi) is 6.76. The first-order chi connectivity index (χ1) is 13.7. The second-order valence-electron chi connectivity index (χ2n) is 6.60. The lowest BCUT2D eigenvalue weighted by molar-refractivity contribution is -0.142. The average Bonchev–Trinajstić information content (AvgIpc) is 2.73. The molecule has 0 atom stereocenters. The number of ether oxygens (including phenoxy) is 1. The Morgan fingerprint density at radius 1 is 0.929 bits per heavy atom. The largest absolute Gasteiger partial charge is 0.468 e. The summed E-state index contributed by atoms with van der Waals surface area (Å²) in [5.41, 5.74) is 1.88. The van der Waals surface area contributed by atoms with Crippen LogP contribution in [0.3, 0.4) is 0 Å². The summed E-state index contributed by atoms with van der Waals surface area (Å²) in [5, 5.41) is 5.08. The minimum absolute atomic E-state index is 0.0840. The molecule has 0 saturated carbocycles. The van der Waals surface area contributed by atoms with Crippen LogP contribution in [0.4, 0.5) is 5.69 Å². The van der Waals surface area contributed by atoms with E-state index in [-0.39, 0.29) is 24.8 Å². The van der Waals surface area contributed by atoms with E-state index in [0.717, 1.165) is 22.0 Å². The minimum atomic E-state index is -0.314. The standard InChI is InChI=1S/C23H24N2O3/c1-28-23(27)17-25(16-18-8-3-2-4-9-18)15-14-22(26)24-21-13-7-11-19-10-5-6-12-20(19)21/h2-13H,14-17H2,1H3,(H,24,26). The van der Waals surface area contributed by atoms with Gasteiger partial charge in [0.2, 0.25) is 5.91 Å². The highest BCUT2D eigenvalue weighted by atomic mass is 16.5. The molecule has 144 valence electrons. The molecule has 0 aromatic heterocycles. The van der Waals surface area contributed by atoms with Crippen molar-refractivity contribution in [2.45, 2.75) is 13.0 Å². The third-order valence-electron chi connectivity index (χ3n) is 4.55. The van der Waals surface area contributed by atoms with Gasteiger partial charge >= 0.3 is 5.97 Å². The molecule has 3 rings (SSSR count). The zero-order valence-electron chi connectivity index (χ0n) is 15.9. The highest BCUT2D eigenvalue weighted by molar-refractivity contribution is 6.02. The molecular weight excluding hydrogens is 352 g/mol. The highest BCUT2D eigenvalue weighted by Gasteiger charge is 2.14. The third kappa shape index (κ3) is 5.41. The van der Waals surface area contributed by atoms with Gasteiger partial charge in [0.1, 0.15) is 0 Å². The molecule has 0 aliphatic rings. The molecule has 0 radical (unpaired) electrons. The molecular formula is C23H24N2O3. The second-order valence-corrected chi connectivity index (χ2v) is 6.60. The van der Waals surface area contributed by atoms with Gasteiger partial charge in [-0.2, -0.15) is 0 Å². The maximum absolute atomic E-state index is 12.5. The van der Waals surface area contributed by atoms with Crippen LogP contribution in [0.2, 0.25) is 0 Å². The molecule has 0 bridgehead atoms. The smallest absolute Gasteiger partial charge is 0.319 e. The quantitative estimate of drug-likeness (QED) is 0.607. The Hall–Kier alpha value is -3.18. The van der Waals surface area contributed by atoms with E-state index in [1.807, 2.05) is 77.7 Å². The number of carbonyl (C=O) groups is 2. The van der Waals surface area contributed by atoms with Gasteiger partial charge in [0.05, 0.1) is 13.7 Å². The molecule has 0 aliphatic heterocycles. The van der Waals surface area contributed by atoms with Crippen LogP contribution in [0.15, 0.2) is 72.8 Å². The van der Waals surface area contributed by atoms with E-state index in [9.17, 15) is 9.59 Å². The monoisotopic (exact) mass is 376 g/mol. The minimum Gasteiger partial charge on any atom is -0.468 e. The van der Waals surface area contributed by atoms with Crippen LogP contribution in [0.25, 0.3) is 10.8 Å². The molecule has 0 spiro atoms. The van der Waals surface area contributed by atoms with Gasteiger partial charge in [0.25, 0.3) is 0 Å². The summed E-state index contributed by atoms with van der Waals surface area (Å²) < 4.78 is 4.79. The van der Waals surface area contributed by atoms with Gasteiger partial charge in [0, 0.05) is 30.6 Å². The molecule has 0 saturated heterocycles. The number of hydrogen-bond acceptors (Lipinski definition) is 4. The number of amides is 1. The molecule has 0 heterocycles. The summed E-state index contributed by atoms with van der Waals surface area (Å²) in [7, 11) is 1.37. The van der Waals surface area contributed by atoms with Crippen LogP contribution in [0.5, 0.6) is 0 Å². The summed E-state index contributed by atoms with van der Waals surface area (Å²) in [6, 6.07) is 23.6. The summed E-state index contributed by atoms with van der Waals surface area (Å²) in [6.07, 6.45) is 0.285. The van der Waals surface area contributed by atoms with E-state index >= 15 is 0 Å². The van der Waals surface area contributed by atoms with Gasteiger partial charge in [-0.1, -0.05) is 66.7 Å². The SMILES string of the molecule is COC(=O)CN(CCC(=O)Nc1cccc2ccccc12)Cc1ccccc1. The van der Waals surface area contributed by atoms with Gasteiger partial charge in [0.15, 0.2) is 0 Å². The lowest BCUT2D eigenvalue weighted by Gasteiger charge is -2.21. The van der Waals surface area contributed by atoms with Crippen LogP contribution in [-0.2, 0) is 20.9 Å². The average molecular weight is 376 g/mol. The van der Waals surface area contributed by atoms with Crippen molar-refractivity contribution in [1.82, 2.24) is 4.90 Å². The van der Waals surface area contributed by atoms with Gasteiger partial charge in [-0.25, -0.2) is 0 Å². The van der Waals surface area contributed by atoms with Crippen molar-refractivity contribution < 1.29 is 14.3 Å². The maximum Gasteiger partial charge on any atom is 0.319 e. The summed E-state index contributed by atoms with van der Waals surface area (Å²) in [6.45, 7) is 1.19. The number of fused-ring (bicyclic) bond motifs is 1. The number of rotatable bonds is 8. The number of carbonyl (C=O) groups excluding carboxylic acids is 2. The van der Waals surface area contributed by atoms with Crippen LogP contribution in [-0.4, -0.2) is 37.0 Å². The van der Waals surface area contributed by atoms with E-state index in [0.29, 0.717) is 13.1 Å². The number of methoxy groups -OCH3 is 1. The lowest BCUT2D eigenvalue weighted by Crippen LogP contribution is -2.33. The fourth-order valence-corrected chi connectivity index (χ4v) is 3.11. The van der Waals surface area contributed by atoms with E-state index in [4.69, 9.17) is 4.74 Å². The molecule has 0 aliphatic carbocycles. The third-order valence-corrected chi connectivity index (χ3v) is 4.55. The molecule has 5 nitrogen and oxygen atoms in total. The molecule has 0 fully saturated rings. The first kappa shape index (κ1) is 19.6. The number of hydrogen-bond donors (Lipinski definition) is 1. The van der Waals surface area contributed by atoms with Crippen molar-refractivity contribution in [3.8, 4) is 0 Å². The van der Waals surface area contributed by atoms with Crippen molar-refractivity contribution in [3.63, 3.8) is 0 Å². The molecule has 3 aromatic carbocycles. The van der Waals surface area contributed by atoms with Crippen molar-refractivity contribution >= 4 is 28.3 Å². The number of nitrogens with zero attached hydrogens (tertiary/aromatic N) is 1. The Morgan fingerprint density at radius 3 is 2.43 bits per heavy atom. The Morgan fingerprint density at radius 2 is 1.64 bits per heavy atom.